The molecule has 3 N–H and O–H groups in total. The van der Waals surface area contributed by atoms with Crippen LogP contribution in [0.1, 0.15) is 46.4 Å². The van der Waals surface area contributed by atoms with Crippen LogP contribution in [0.2, 0.25) is 0 Å². The molecule has 0 bridgehead atoms. The van der Waals surface area contributed by atoms with E-state index in [4.69, 9.17) is 9.84 Å². The molecule has 0 fully saturated rings. The van der Waals surface area contributed by atoms with Crippen LogP contribution in [-0.2, 0) is 19.0 Å². The first-order valence-corrected chi connectivity index (χ1v) is 11.3. The molecule has 188 valence electrons. The second kappa shape index (κ2) is 10.8. The van der Waals surface area contributed by atoms with Crippen molar-refractivity contribution in [1.82, 2.24) is 9.97 Å². The molecule has 2 heterocycles. The number of benzene rings is 1. The monoisotopic (exact) mass is 512 g/mol. The minimum absolute atomic E-state index is 0.0793. The quantitative estimate of drug-likeness (QED) is 0.340. The fourth-order valence-electron chi connectivity index (χ4n) is 2.88. The number of carboxylic acid groups (broad SMARTS) is 1. The number of urea groups is 1. The lowest BCUT2D eigenvalue weighted by Gasteiger charge is -2.14. The van der Waals surface area contributed by atoms with Gasteiger partial charge in [-0.25, -0.2) is 19.6 Å². The second-order valence-electron chi connectivity index (χ2n) is 8.00. The third-order valence-corrected chi connectivity index (χ3v) is 5.42. The van der Waals surface area contributed by atoms with Crippen molar-refractivity contribution in [2.24, 2.45) is 5.92 Å². The highest BCUT2D eigenvalue weighted by atomic mass is 32.1. The van der Waals surface area contributed by atoms with Gasteiger partial charge >= 0.3 is 18.2 Å². The molecule has 3 rings (SSSR count). The van der Waals surface area contributed by atoms with E-state index in [0.29, 0.717) is 28.8 Å². The van der Waals surface area contributed by atoms with Gasteiger partial charge < -0.3 is 19.6 Å². The van der Waals surface area contributed by atoms with Crippen LogP contribution >= 0.6 is 11.3 Å². The molecule has 0 unspecified atom stereocenters. The van der Waals surface area contributed by atoms with Crippen LogP contribution in [0.4, 0.5) is 28.8 Å². The number of aryl methyl sites for hydroxylation is 3. The van der Waals surface area contributed by atoms with Crippen molar-refractivity contribution in [3.8, 4) is 5.75 Å². The van der Waals surface area contributed by atoms with Gasteiger partial charge in [-0.05, 0) is 37.0 Å². The number of alkyl halides is 3. The summed E-state index contributed by atoms with van der Waals surface area (Å²) in [6.07, 6.45) is -3.41. The Morgan fingerprint density at radius 1 is 1.23 bits per heavy atom. The number of rotatable bonds is 9. The highest BCUT2D eigenvalue weighted by Crippen LogP contribution is 2.33. The number of oxazole rings is 1. The largest absolute Gasteiger partial charge is 0.491 e. The number of thiazole rings is 1. The number of halogens is 3. The number of carbonyl (C=O) groups is 2. The summed E-state index contributed by atoms with van der Waals surface area (Å²) in [5.74, 6) is -2.98. The van der Waals surface area contributed by atoms with E-state index in [-0.39, 0.29) is 23.9 Å². The first-order chi connectivity index (χ1) is 16.4. The third kappa shape index (κ3) is 7.18. The summed E-state index contributed by atoms with van der Waals surface area (Å²) >= 11 is 1.11. The molecular formula is C22H23F3N4O5S. The van der Waals surface area contributed by atoms with Gasteiger partial charge in [0.15, 0.2) is 16.7 Å². The number of nitrogens with zero attached hydrogens (tertiary/aromatic N) is 2. The van der Waals surface area contributed by atoms with Crippen molar-refractivity contribution >= 4 is 34.2 Å². The van der Waals surface area contributed by atoms with E-state index < -0.39 is 29.6 Å². The molecule has 0 radical (unpaired) electrons. The summed E-state index contributed by atoms with van der Waals surface area (Å²) in [4.78, 5) is 31.6. The van der Waals surface area contributed by atoms with E-state index in [1.807, 2.05) is 32.9 Å². The molecule has 0 saturated heterocycles. The summed E-state index contributed by atoms with van der Waals surface area (Å²) in [5, 5.41) is 14.5. The molecular weight excluding hydrogens is 489 g/mol. The van der Waals surface area contributed by atoms with E-state index in [2.05, 4.69) is 25.0 Å². The van der Waals surface area contributed by atoms with Crippen molar-refractivity contribution in [3.63, 3.8) is 0 Å². The molecule has 0 aliphatic heterocycles. The fourth-order valence-corrected chi connectivity index (χ4v) is 3.69. The Labute approximate surface area is 202 Å². The van der Waals surface area contributed by atoms with Gasteiger partial charge in [0.1, 0.15) is 5.75 Å². The Morgan fingerprint density at radius 2 is 1.97 bits per heavy atom. The van der Waals surface area contributed by atoms with Gasteiger partial charge in [-0.2, -0.15) is 13.2 Å². The number of nitrogens with one attached hydrogen (secondary N) is 2. The fraction of sp³-hybridized carbons (Fsp3) is 0.364. The summed E-state index contributed by atoms with van der Waals surface area (Å²) < 4.78 is 49.2. The minimum Gasteiger partial charge on any atom is -0.491 e. The minimum atomic E-state index is -4.97. The maximum atomic E-state index is 12.9. The van der Waals surface area contributed by atoms with Crippen LogP contribution in [0.5, 0.6) is 5.75 Å². The van der Waals surface area contributed by atoms with Crippen LogP contribution in [0.25, 0.3) is 0 Å². The van der Waals surface area contributed by atoms with Crippen molar-refractivity contribution in [3.05, 3.63) is 52.2 Å². The molecule has 2 aromatic heterocycles. The Kier molecular flexibility index (Phi) is 7.99. The second-order valence-corrected chi connectivity index (χ2v) is 9.12. The maximum Gasteiger partial charge on any atom is 0.452 e. The zero-order valence-electron chi connectivity index (χ0n) is 19.0. The van der Waals surface area contributed by atoms with Gasteiger partial charge in [-0.3, -0.25) is 5.32 Å². The van der Waals surface area contributed by atoms with Gasteiger partial charge in [-0.15, -0.1) is 11.3 Å². The molecule has 2 amide bonds. The number of carbonyl (C=O) groups excluding carboxylic acids is 1. The van der Waals surface area contributed by atoms with E-state index in [0.717, 1.165) is 16.9 Å². The van der Waals surface area contributed by atoms with Crippen LogP contribution in [-0.4, -0.2) is 33.7 Å². The molecule has 1 aromatic carbocycles. The maximum absolute atomic E-state index is 12.9. The molecule has 0 aliphatic carbocycles. The normalized spacial score (nSPS) is 11.5. The average Bonchev–Trinajstić information content (AvgIpc) is 3.39. The predicted octanol–water partition coefficient (Wildman–Crippen LogP) is 5.62. The van der Waals surface area contributed by atoms with Crippen LogP contribution in [0.3, 0.4) is 0 Å². The Morgan fingerprint density at radius 3 is 2.60 bits per heavy atom. The average molecular weight is 513 g/mol. The van der Waals surface area contributed by atoms with E-state index in [9.17, 15) is 22.8 Å². The van der Waals surface area contributed by atoms with Gasteiger partial charge in [0.05, 0.1) is 12.3 Å². The van der Waals surface area contributed by atoms with Crippen LogP contribution < -0.4 is 15.4 Å². The standard InChI is InChI=1S/C22H23F3N4O5S/c1-11(2)10-33-15-8-12(3)4-6-14(15)27-20(32)29-21-26-9-13(35-21)5-7-16-28-17(19(30)31)18(34-16)22(23,24)25/h4,6,8-9,11H,5,7,10H2,1-3H3,(H,30,31)(H2,26,27,29,32). The highest BCUT2D eigenvalue weighted by Gasteiger charge is 2.41. The number of aromatic carboxylic acids is 1. The van der Waals surface area contributed by atoms with Gasteiger partial charge in [0, 0.05) is 17.5 Å². The summed E-state index contributed by atoms with van der Waals surface area (Å²) in [6.45, 7) is 6.42. The molecule has 35 heavy (non-hydrogen) atoms. The zero-order valence-corrected chi connectivity index (χ0v) is 19.8. The summed E-state index contributed by atoms with van der Waals surface area (Å²) in [5.41, 5.74) is 0.288. The predicted molar refractivity (Wildman–Crippen MR) is 122 cm³/mol. The number of ether oxygens (including phenoxy) is 1. The van der Waals surface area contributed by atoms with Crippen LogP contribution in [0, 0.1) is 12.8 Å². The number of amides is 2. The molecule has 0 spiro atoms. The molecule has 0 aliphatic rings. The topological polar surface area (TPSA) is 127 Å². The number of anilines is 2. The van der Waals surface area contributed by atoms with E-state index >= 15 is 0 Å². The van der Waals surface area contributed by atoms with Gasteiger partial charge in [-0.1, -0.05) is 19.9 Å². The Balaban J connectivity index is 1.60. The molecule has 0 atom stereocenters. The first-order valence-electron chi connectivity index (χ1n) is 10.5. The SMILES string of the molecule is Cc1ccc(NC(=O)Nc2ncc(CCc3nc(C(=O)O)c(C(F)(F)F)o3)s2)c(OCC(C)C)c1. The smallest absolute Gasteiger partial charge is 0.452 e. The Bertz CT molecular complexity index is 1210. The van der Waals surface area contributed by atoms with Crippen LogP contribution in [0.15, 0.2) is 28.8 Å². The molecule has 9 nitrogen and oxygen atoms in total. The van der Waals surface area contributed by atoms with Crippen molar-refractivity contribution < 1.29 is 37.0 Å². The van der Waals surface area contributed by atoms with Gasteiger partial charge in [0.2, 0.25) is 5.76 Å². The van der Waals surface area contributed by atoms with Crippen molar-refractivity contribution in [2.45, 2.75) is 39.8 Å². The van der Waals surface area contributed by atoms with E-state index in [1.54, 1.807) is 6.07 Å². The first kappa shape index (κ1) is 26.0. The van der Waals surface area contributed by atoms with Crippen molar-refractivity contribution in [2.75, 3.05) is 17.2 Å². The number of hydrogen-bond acceptors (Lipinski definition) is 7. The van der Waals surface area contributed by atoms with E-state index in [1.165, 1.54) is 6.20 Å². The third-order valence-electron chi connectivity index (χ3n) is 4.45. The number of carboxylic acids is 1. The Hall–Kier alpha value is -3.61. The summed E-state index contributed by atoms with van der Waals surface area (Å²) in [7, 11) is 0. The number of hydrogen-bond donors (Lipinski definition) is 3. The summed E-state index contributed by atoms with van der Waals surface area (Å²) in [6, 6.07) is 4.84. The lowest BCUT2D eigenvalue weighted by Crippen LogP contribution is -2.20. The number of aromatic nitrogens is 2. The lowest BCUT2D eigenvalue weighted by atomic mass is 10.2. The zero-order chi connectivity index (χ0) is 25.8. The highest BCUT2D eigenvalue weighted by molar-refractivity contribution is 7.15. The molecule has 3 aromatic rings. The lowest BCUT2D eigenvalue weighted by molar-refractivity contribution is -0.153. The van der Waals surface area contributed by atoms with Crippen molar-refractivity contribution in [1.29, 1.82) is 0 Å². The molecule has 13 heteroatoms. The molecule has 0 saturated carbocycles. The van der Waals surface area contributed by atoms with Gasteiger partial charge in [0.25, 0.3) is 0 Å².